The lowest BCUT2D eigenvalue weighted by Gasteiger charge is -2.36. The summed E-state index contributed by atoms with van der Waals surface area (Å²) in [6.45, 7) is 52.1. The third-order valence-corrected chi connectivity index (χ3v) is 14.4. The van der Waals surface area contributed by atoms with Crippen molar-refractivity contribution in [3.05, 3.63) is 121 Å². The van der Waals surface area contributed by atoms with Gasteiger partial charge in [-0.05, 0) is 89.3 Å². The van der Waals surface area contributed by atoms with E-state index in [9.17, 15) is 4.79 Å². The number of rotatable bonds is 3. The predicted octanol–water partition coefficient (Wildman–Crippen LogP) is 16.6. The Hall–Kier alpha value is -3.62. The number of hydrogen-bond acceptors (Lipinski definition) is 4. The van der Waals surface area contributed by atoms with Crippen LogP contribution in [0.4, 0.5) is 0 Å². The molecule has 0 bridgehead atoms. The predicted molar refractivity (Wildman–Crippen MR) is 268 cm³/mol. The molecule has 0 fully saturated rings. The first-order chi connectivity index (χ1) is 28.4. The highest BCUT2D eigenvalue weighted by Crippen LogP contribution is 2.57. The van der Waals surface area contributed by atoms with Gasteiger partial charge in [-0.2, -0.15) is 0 Å². The van der Waals surface area contributed by atoms with Crippen molar-refractivity contribution in [3.63, 3.8) is 0 Å². The van der Waals surface area contributed by atoms with Gasteiger partial charge in [0.05, 0.1) is 5.92 Å². The molecule has 0 saturated carbocycles. The first-order valence-electron chi connectivity index (χ1n) is 23.5. The standard InChI is InChI=1S/C58H81O4P/c1-33-24-35(48-42-28-38(54(9,10)11)29-43(55(12,13)14)41(42)32-47(48)59)25-44(56(15,16)17)49(33)60-63-61-50-39(26-36(52(3,4)5)30-45(50)57(18,19)20)34(2)40-27-37(53(6,7)8)31-46(51(40)62-63)58(21,22)23/h24-31,34,48H,32H2,1-23H3. The minimum absolute atomic E-state index is 0.0190. The van der Waals surface area contributed by atoms with Gasteiger partial charge in [0.2, 0.25) is 0 Å². The fraction of sp³-hybridized carbons (Fsp3) is 0.569. The third-order valence-electron chi connectivity index (χ3n) is 13.4. The molecule has 4 aromatic carbocycles. The SMILES string of the molecule is Cc1cc(C2C(=O)Cc3c2cc(C(C)(C)C)cc3C(C)(C)C)cc(C(C)(C)C)c1OP1Oc2c(cc(C(C)(C)C)cc2C(C)(C)C)C(C)c2cc(C(C)(C)C)cc(C(C)(C)C)c2O1. The molecule has 342 valence electrons. The molecule has 1 heterocycles. The van der Waals surface area contributed by atoms with Gasteiger partial charge in [0.1, 0.15) is 23.0 Å². The van der Waals surface area contributed by atoms with Crippen LogP contribution in [0.5, 0.6) is 17.2 Å². The minimum Gasteiger partial charge on any atom is -0.408 e. The molecular weight excluding hydrogens is 792 g/mol. The molecule has 1 unspecified atom stereocenters. The van der Waals surface area contributed by atoms with Crippen LogP contribution >= 0.6 is 8.60 Å². The van der Waals surface area contributed by atoms with Gasteiger partial charge >= 0.3 is 8.60 Å². The third kappa shape index (κ3) is 9.69. The first-order valence-corrected chi connectivity index (χ1v) is 24.6. The summed E-state index contributed by atoms with van der Waals surface area (Å²) >= 11 is 0. The first kappa shape index (κ1) is 48.8. The molecule has 63 heavy (non-hydrogen) atoms. The van der Waals surface area contributed by atoms with E-state index < -0.39 is 8.60 Å². The molecule has 0 aromatic heterocycles. The zero-order valence-corrected chi connectivity index (χ0v) is 44.5. The number of carbonyl (C=O) groups is 1. The highest BCUT2D eigenvalue weighted by atomic mass is 31.2. The maximum atomic E-state index is 14.4. The van der Waals surface area contributed by atoms with Gasteiger partial charge in [0.25, 0.3) is 0 Å². The monoisotopic (exact) mass is 873 g/mol. The number of hydrogen-bond donors (Lipinski definition) is 0. The van der Waals surface area contributed by atoms with Crippen molar-refractivity contribution in [1.82, 2.24) is 0 Å². The Labute approximate surface area is 384 Å². The second-order valence-corrected chi connectivity index (χ2v) is 27.2. The van der Waals surface area contributed by atoms with Crippen molar-refractivity contribution in [3.8, 4) is 17.2 Å². The minimum atomic E-state index is -2.04. The lowest BCUT2D eigenvalue weighted by molar-refractivity contribution is -0.118. The van der Waals surface area contributed by atoms with E-state index in [1.165, 1.54) is 27.8 Å². The van der Waals surface area contributed by atoms with Crippen LogP contribution in [-0.4, -0.2) is 5.78 Å². The maximum absolute atomic E-state index is 14.4. The number of benzene rings is 4. The van der Waals surface area contributed by atoms with Crippen molar-refractivity contribution < 1.29 is 18.4 Å². The Morgan fingerprint density at radius 1 is 0.492 bits per heavy atom. The molecule has 0 radical (unpaired) electrons. The summed E-state index contributed by atoms with van der Waals surface area (Å²) in [7, 11) is -2.04. The number of aryl methyl sites for hydroxylation is 1. The summed E-state index contributed by atoms with van der Waals surface area (Å²) in [6, 6.07) is 18.6. The van der Waals surface area contributed by atoms with Crippen LogP contribution in [0, 0.1) is 6.92 Å². The molecule has 5 heteroatoms. The largest absolute Gasteiger partial charge is 0.530 e. The zero-order valence-electron chi connectivity index (χ0n) is 43.6. The summed E-state index contributed by atoms with van der Waals surface area (Å²) in [6.07, 6.45) is 0.448. The summed E-state index contributed by atoms with van der Waals surface area (Å²) in [5.74, 6) is 2.33. The van der Waals surface area contributed by atoms with E-state index in [0.29, 0.717) is 6.42 Å². The Balaban J connectivity index is 1.61. The van der Waals surface area contributed by atoms with Crippen molar-refractivity contribution in [2.24, 2.45) is 0 Å². The van der Waals surface area contributed by atoms with E-state index in [1.807, 2.05) is 0 Å². The number of ketones is 1. The van der Waals surface area contributed by atoms with Crippen LogP contribution in [0.25, 0.3) is 0 Å². The van der Waals surface area contributed by atoms with Gasteiger partial charge in [0, 0.05) is 40.2 Å². The molecule has 1 atom stereocenters. The Morgan fingerprint density at radius 2 is 0.873 bits per heavy atom. The topological polar surface area (TPSA) is 44.8 Å². The molecule has 0 N–H and O–H groups in total. The second-order valence-electron chi connectivity index (χ2n) is 26.2. The lowest BCUT2D eigenvalue weighted by Crippen LogP contribution is -2.24. The second kappa shape index (κ2) is 15.8. The van der Waals surface area contributed by atoms with E-state index >= 15 is 0 Å². The summed E-state index contributed by atoms with van der Waals surface area (Å²) < 4.78 is 22.0. The number of fused-ring (bicyclic) bond motifs is 3. The van der Waals surface area contributed by atoms with Crippen molar-refractivity contribution >= 4 is 14.4 Å². The van der Waals surface area contributed by atoms with E-state index in [2.05, 4.69) is 208 Å². The quantitative estimate of drug-likeness (QED) is 0.192. The Bertz CT molecular complexity index is 2350. The maximum Gasteiger partial charge on any atom is 0.530 e. The van der Waals surface area contributed by atoms with Crippen molar-refractivity contribution in [1.29, 1.82) is 0 Å². The smallest absolute Gasteiger partial charge is 0.408 e. The number of Topliss-reactive ketones (excluding diaryl/α,β-unsaturated/α-hetero) is 1. The van der Waals surface area contributed by atoms with Crippen molar-refractivity contribution in [2.45, 2.75) is 215 Å². The molecule has 4 nitrogen and oxygen atoms in total. The van der Waals surface area contributed by atoms with Crippen LogP contribution in [0.2, 0.25) is 0 Å². The molecule has 0 spiro atoms. The summed E-state index contributed by atoms with van der Waals surface area (Å²) in [5.41, 5.74) is 14.0. The average Bonchev–Trinajstić information content (AvgIpc) is 3.43. The van der Waals surface area contributed by atoms with E-state index in [1.54, 1.807) is 0 Å². The van der Waals surface area contributed by atoms with E-state index in [0.717, 1.165) is 61.8 Å². The average molecular weight is 873 g/mol. The van der Waals surface area contributed by atoms with E-state index in [-0.39, 0.29) is 55.5 Å². The molecule has 4 aromatic rings. The van der Waals surface area contributed by atoms with Gasteiger partial charge in [-0.15, -0.1) is 0 Å². The van der Waals surface area contributed by atoms with Crippen LogP contribution < -0.4 is 13.6 Å². The lowest BCUT2D eigenvalue weighted by atomic mass is 9.74. The van der Waals surface area contributed by atoms with Gasteiger partial charge < -0.3 is 13.6 Å². The molecule has 0 saturated heterocycles. The fourth-order valence-corrected chi connectivity index (χ4v) is 10.5. The molecule has 2 aliphatic rings. The Kier molecular flexibility index (Phi) is 12.2. The van der Waals surface area contributed by atoms with Crippen LogP contribution in [-0.2, 0) is 49.1 Å². The normalized spacial score (nSPS) is 18.8. The Morgan fingerprint density at radius 3 is 1.25 bits per heavy atom. The summed E-state index contributed by atoms with van der Waals surface area (Å²) in [5, 5.41) is 0. The zero-order chi connectivity index (χ0) is 47.5. The van der Waals surface area contributed by atoms with Crippen LogP contribution in [0.1, 0.15) is 236 Å². The van der Waals surface area contributed by atoms with E-state index in [4.69, 9.17) is 13.6 Å². The van der Waals surface area contributed by atoms with Crippen LogP contribution in [0.15, 0.2) is 48.5 Å². The number of carbonyl (C=O) groups excluding carboxylic acids is 1. The van der Waals surface area contributed by atoms with Gasteiger partial charge in [0.15, 0.2) is 0 Å². The fourth-order valence-electron chi connectivity index (χ4n) is 9.29. The molecule has 0 amide bonds. The highest BCUT2D eigenvalue weighted by Gasteiger charge is 2.41. The van der Waals surface area contributed by atoms with Crippen molar-refractivity contribution in [2.75, 3.05) is 0 Å². The highest BCUT2D eigenvalue weighted by molar-refractivity contribution is 7.43. The van der Waals surface area contributed by atoms with Crippen LogP contribution in [0.3, 0.4) is 0 Å². The van der Waals surface area contributed by atoms with Gasteiger partial charge in [-0.25, -0.2) is 0 Å². The molecular formula is C58H81O4P. The molecule has 1 aliphatic carbocycles. The van der Waals surface area contributed by atoms with Gasteiger partial charge in [-0.3, -0.25) is 4.79 Å². The summed E-state index contributed by atoms with van der Waals surface area (Å²) in [4.78, 5) is 14.4. The molecule has 6 rings (SSSR count). The van der Waals surface area contributed by atoms with Gasteiger partial charge in [-0.1, -0.05) is 201 Å². The molecule has 1 aliphatic heterocycles.